The summed E-state index contributed by atoms with van der Waals surface area (Å²) in [7, 11) is -2.72. The number of nitrogens with zero attached hydrogens (tertiary/aromatic N) is 1. The van der Waals surface area contributed by atoms with Gasteiger partial charge in [-0.3, -0.25) is 9.59 Å². The quantitative estimate of drug-likeness (QED) is 0.369. The molecule has 0 atom stereocenters. The lowest BCUT2D eigenvalue weighted by molar-refractivity contribution is 0.0715. The van der Waals surface area contributed by atoms with E-state index >= 15 is 0 Å². The maximum absolute atomic E-state index is 12.8. The van der Waals surface area contributed by atoms with E-state index < -0.39 is 28.0 Å². The SMILES string of the molecule is COc1ccc(CCNC(=O)c2cccc(S(=O)(=O)NC(=O)c3ccc(OC(=O)OC(C)C)nc3)c2)cc1. The number of amides is 2. The summed E-state index contributed by atoms with van der Waals surface area (Å²) in [6.07, 6.45) is 0.273. The molecule has 11 nitrogen and oxygen atoms in total. The maximum atomic E-state index is 12.8. The summed E-state index contributed by atoms with van der Waals surface area (Å²) in [5.41, 5.74) is 1.02. The number of nitrogens with one attached hydrogen (secondary N) is 2. The fourth-order valence-corrected chi connectivity index (χ4v) is 4.16. The number of sulfonamides is 1. The highest BCUT2D eigenvalue weighted by molar-refractivity contribution is 7.90. The van der Waals surface area contributed by atoms with Crippen molar-refractivity contribution in [3.63, 3.8) is 0 Å². The van der Waals surface area contributed by atoms with Gasteiger partial charge in [0.25, 0.3) is 21.8 Å². The number of rotatable bonds is 10. The zero-order chi connectivity index (χ0) is 27.7. The first kappa shape index (κ1) is 28.1. The zero-order valence-electron chi connectivity index (χ0n) is 21.0. The van der Waals surface area contributed by atoms with Crippen molar-refractivity contribution in [2.24, 2.45) is 0 Å². The van der Waals surface area contributed by atoms with Crippen LogP contribution in [0.2, 0.25) is 0 Å². The molecule has 0 radical (unpaired) electrons. The van der Waals surface area contributed by atoms with Gasteiger partial charge in [-0.25, -0.2) is 22.9 Å². The third-order valence-corrected chi connectivity index (χ3v) is 6.34. The third kappa shape index (κ3) is 8.03. The van der Waals surface area contributed by atoms with E-state index in [1.807, 2.05) is 29.0 Å². The molecular weight excluding hydrogens is 514 g/mol. The minimum atomic E-state index is -4.30. The molecule has 3 rings (SSSR count). The maximum Gasteiger partial charge on any atom is 0.515 e. The summed E-state index contributed by atoms with van der Waals surface area (Å²) >= 11 is 0. The van der Waals surface area contributed by atoms with Gasteiger partial charge in [-0.1, -0.05) is 18.2 Å². The predicted octanol–water partition coefficient (Wildman–Crippen LogP) is 3.11. The van der Waals surface area contributed by atoms with Crippen LogP contribution in [0, 0.1) is 0 Å². The molecule has 2 N–H and O–H groups in total. The van der Waals surface area contributed by atoms with E-state index in [1.54, 1.807) is 21.0 Å². The fourth-order valence-electron chi connectivity index (χ4n) is 3.14. The molecule has 1 aromatic heterocycles. The molecule has 2 aromatic carbocycles. The normalized spacial score (nSPS) is 10.9. The van der Waals surface area contributed by atoms with Gasteiger partial charge < -0.3 is 19.5 Å². The van der Waals surface area contributed by atoms with Gasteiger partial charge in [0, 0.05) is 24.4 Å². The van der Waals surface area contributed by atoms with Crippen LogP contribution in [0.5, 0.6) is 11.6 Å². The highest BCUT2D eigenvalue weighted by atomic mass is 32.2. The third-order valence-electron chi connectivity index (χ3n) is 5.01. The predicted molar refractivity (Wildman–Crippen MR) is 137 cm³/mol. The number of hydrogen-bond donors (Lipinski definition) is 2. The van der Waals surface area contributed by atoms with Crippen LogP contribution in [0.25, 0.3) is 0 Å². The van der Waals surface area contributed by atoms with Gasteiger partial charge in [-0.2, -0.15) is 0 Å². The zero-order valence-corrected chi connectivity index (χ0v) is 21.8. The van der Waals surface area contributed by atoms with Gasteiger partial charge >= 0.3 is 6.16 Å². The summed E-state index contributed by atoms with van der Waals surface area (Å²) in [4.78, 5) is 40.1. The Morgan fingerprint density at radius 2 is 1.68 bits per heavy atom. The average Bonchev–Trinajstić information content (AvgIpc) is 2.88. The van der Waals surface area contributed by atoms with Crippen LogP contribution in [0.1, 0.15) is 40.1 Å². The Morgan fingerprint density at radius 3 is 2.32 bits per heavy atom. The number of benzene rings is 2. The number of carbonyl (C=O) groups excluding carboxylic acids is 3. The first-order chi connectivity index (χ1) is 18.1. The molecule has 38 heavy (non-hydrogen) atoms. The Bertz CT molecular complexity index is 1390. The van der Waals surface area contributed by atoms with E-state index in [0.717, 1.165) is 17.5 Å². The first-order valence-corrected chi connectivity index (χ1v) is 13.0. The van der Waals surface area contributed by atoms with Gasteiger partial charge in [0.05, 0.1) is 23.7 Å². The summed E-state index contributed by atoms with van der Waals surface area (Å²) in [6.45, 7) is 3.63. The smallest absolute Gasteiger partial charge is 0.497 e. The van der Waals surface area contributed by atoms with Crippen molar-refractivity contribution >= 4 is 28.0 Å². The van der Waals surface area contributed by atoms with Gasteiger partial charge in [0.2, 0.25) is 5.88 Å². The fraction of sp³-hybridized carbons (Fsp3) is 0.231. The van der Waals surface area contributed by atoms with Crippen molar-refractivity contribution in [1.29, 1.82) is 0 Å². The molecule has 0 unspecified atom stereocenters. The molecule has 0 saturated carbocycles. The van der Waals surface area contributed by atoms with Crippen molar-refractivity contribution < 1.29 is 37.0 Å². The Labute approximate surface area is 220 Å². The Kier molecular flexibility index (Phi) is 9.39. The van der Waals surface area contributed by atoms with Crippen LogP contribution >= 0.6 is 0 Å². The lowest BCUT2D eigenvalue weighted by Gasteiger charge is -2.10. The summed E-state index contributed by atoms with van der Waals surface area (Å²) in [6, 6.07) is 15.2. The number of ether oxygens (including phenoxy) is 3. The largest absolute Gasteiger partial charge is 0.515 e. The van der Waals surface area contributed by atoms with Crippen molar-refractivity contribution in [3.8, 4) is 11.6 Å². The second-order valence-corrected chi connectivity index (χ2v) is 9.90. The molecular formula is C26H27N3O8S. The highest BCUT2D eigenvalue weighted by Crippen LogP contribution is 2.15. The van der Waals surface area contributed by atoms with Crippen LogP contribution < -0.4 is 19.5 Å². The molecule has 0 aliphatic carbocycles. The first-order valence-electron chi connectivity index (χ1n) is 11.5. The van der Waals surface area contributed by atoms with Crippen LogP contribution in [-0.2, 0) is 21.2 Å². The lowest BCUT2D eigenvalue weighted by atomic mass is 10.1. The Hall–Kier alpha value is -4.45. The number of aromatic nitrogens is 1. The minimum Gasteiger partial charge on any atom is -0.497 e. The van der Waals surface area contributed by atoms with E-state index in [1.165, 1.54) is 36.4 Å². The van der Waals surface area contributed by atoms with Crippen LogP contribution in [0.15, 0.2) is 71.8 Å². The van der Waals surface area contributed by atoms with Crippen LogP contribution in [0.4, 0.5) is 4.79 Å². The number of carbonyl (C=O) groups is 3. The van der Waals surface area contributed by atoms with Crippen molar-refractivity contribution in [1.82, 2.24) is 15.0 Å². The monoisotopic (exact) mass is 541 g/mol. The molecule has 0 saturated heterocycles. The summed E-state index contributed by atoms with van der Waals surface area (Å²) in [5, 5.41) is 2.74. The topological polar surface area (TPSA) is 150 Å². The Morgan fingerprint density at radius 1 is 0.947 bits per heavy atom. The van der Waals surface area contributed by atoms with Crippen LogP contribution in [0.3, 0.4) is 0 Å². The molecule has 1 heterocycles. The van der Waals surface area contributed by atoms with E-state index in [4.69, 9.17) is 14.2 Å². The van der Waals surface area contributed by atoms with E-state index in [9.17, 15) is 22.8 Å². The average molecular weight is 542 g/mol. The molecule has 2 amide bonds. The minimum absolute atomic E-state index is 0.0921. The molecule has 200 valence electrons. The van der Waals surface area contributed by atoms with E-state index in [0.29, 0.717) is 13.0 Å². The standard InChI is InChI=1S/C26H27N3O8S/c1-17(2)36-26(32)37-23-12-9-20(16-28-23)25(31)29-38(33,34)22-6-4-5-19(15-22)24(30)27-14-13-18-7-10-21(35-3)11-8-18/h4-12,15-17H,13-14H2,1-3H3,(H,27,30)(H,29,31). The van der Waals surface area contributed by atoms with Gasteiger partial charge in [0.15, 0.2) is 0 Å². The van der Waals surface area contributed by atoms with Crippen LogP contribution in [-0.4, -0.2) is 51.1 Å². The van der Waals surface area contributed by atoms with Crippen molar-refractivity contribution in [3.05, 3.63) is 83.6 Å². The molecule has 12 heteroatoms. The lowest BCUT2D eigenvalue weighted by Crippen LogP contribution is -2.31. The van der Waals surface area contributed by atoms with E-state index in [2.05, 4.69) is 10.3 Å². The highest BCUT2D eigenvalue weighted by Gasteiger charge is 2.21. The summed E-state index contributed by atoms with van der Waals surface area (Å²) in [5.74, 6) is -0.810. The van der Waals surface area contributed by atoms with Gasteiger partial charge in [-0.05, 0) is 62.2 Å². The molecule has 0 aliphatic rings. The molecule has 0 aliphatic heterocycles. The molecule has 0 fully saturated rings. The van der Waals surface area contributed by atoms with Gasteiger partial charge in [-0.15, -0.1) is 0 Å². The molecule has 3 aromatic rings. The van der Waals surface area contributed by atoms with E-state index in [-0.39, 0.29) is 28.0 Å². The molecule has 0 spiro atoms. The number of pyridine rings is 1. The number of hydrogen-bond acceptors (Lipinski definition) is 9. The second kappa shape index (κ2) is 12.7. The summed E-state index contributed by atoms with van der Waals surface area (Å²) < 4.78 is 42.3. The van der Waals surface area contributed by atoms with Crippen molar-refractivity contribution in [2.75, 3.05) is 13.7 Å². The molecule has 0 bridgehead atoms. The van der Waals surface area contributed by atoms with Crippen molar-refractivity contribution in [2.45, 2.75) is 31.3 Å². The number of methoxy groups -OCH3 is 1. The second-order valence-electron chi connectivity index (χ2n) is 8.22. The Balaban J connectivity index is 1.59. The van der Waals surface area contributed by atoms with Gasteiger partial charge in [0.1, 0.15) is 5.75 Å².